The van der Waals surface area contributed by atoms with Crippen LogP contribution in [0.2, 0.25) is 0 Å². The molecule has 4 rings (SSSR count). The lowest BCUT2D eigenvalue weighted by Crippen LogP contribution is -2.65. The van der Waals surface area contributed by atoms with E-state index in [1.54, 1.807) is 6.92 Å². The Bertz CT molecular complexity index is 833. The molecule has 1 aromatic rings. The van der Waals surface area contributed by atoms with Gasteiger partial charge in [0, 0.05) is 51.3 Å². The fraction of sp³-hybridized carbons (Fsp3) is 0.800. The van der Waals surface area contributed by atoms with Crippen molar-refractivity contribution in [2.75, 3.05) is 26.2 Å². The molecule has 3 aliphatic heterocycles. The third kappa shape index (κ3) is 4.73. The molecule has 0 aromatic carbocycles. The highest BCUT2D eigenvalue weighted by molar-refractivity contribution is 5.76. The Morgan fingerprint density at radius 2 is 1.91 bits per heavy atom. The largest absolute Gasteiger partial charge is 0.356 e. The van der Waals surface area contributed by atoms with Gasteiger partial charge in [-0.15, -0.1) is 0 Å². The molecule has 0 bridgehead atoms. The Morgan fingerprint density at radius 1 is 1.16 bits per heavy atom. The van der Waals surface area contributed by atoms with Crippen molar-refractivity contribution >= 4 is 11.8 Å². The van der Waals surface area contributed by atoms with Gasteiger partial charge in [-0.25, -0.2) is 0 Å². The Kier molecular flexibility index (Phi) is 7.23. The topological polar surface area (TPSA) is 70.5 Å². The Hall–Kier alpha value is -1.89. The smallest absolute Gasteiger partial charge is 0.220 e. The molecule has 1 N–H and O–H groups in total. The molecule has 0 aliphatic carbocycles. The van der Waals surface area contributed by atoms with Crippen molar-refractivity contribution in [1.29, 1.82) is 0 Å². The van der Waals surface area contributed by atoms with E-state index in [0.29, 0.717) is 36.9 Å². The number of nitrogens with zero attached hydrogens (tertiary/aromatic N) is 4. The highest BCUT2D eigenvalue weighted by atomic mass is 16.2. The lowest BCUT2D eigenvalue weighted by atomic mass is 9.69. The second-order valence-electron chi connectivity index (χ2n) is 10.2. The van der Waals surface area contributed by atoms with Crippen molar-refractivity contribution in [3.63, 3.8) is 0 Å². The molecule has 4 atom stereocenters. The van der Waals surface area contributed by atoms with E-state index in [4.69, 9.17) is 0 Å². The first kappa shape index (κ1) is 23.3. The number of piperidine rings is 3. The molecule has 1 aromatic heterocycles. The van der Waals surface area contributed by atoms with Gasteiger partial charge in [0.2, 0.25) is 11.8 Å². The van der Waals surface area contributed by atoms with E-state index in [0.717, 1.165) is 31.5 Å². The first-order valence-corrected chi connectivity index (χ1v) is 12.6. The second-order valence-corrected chi connectivity index (χ2v) is 10.2. The van der Waals surface area contributed by atoms with Gasteiger partial charge in [0.15, 0.2) is 0 Å². The quantitative estimate of drug-likeness (QED) is 0.703. The number of aromatic nitrogens is 2. The maximum absolute atomic E-state index is 12.5. The average Bonchev–Trinajstić information content (AvgIpc) is 3.01. The molecule has 7 nitrogen and oxygen atoms in total. The molecular weight excluding hydrogens is 402 g/mol. The van der Waals surface area contributed by atoms with Crippen LogP contribution in [0, 0.1) is 25.7 Å². The first-order valence-electron chi connectivity index (χ1n) is 12.6. The number of carbonyl (C=O) groups is 2. The summed E-state index contributed by atoms with van der Waals surface area (Å²) in [5, 5.41) is 7.54. The number of hydrogen-bond donors (Lipinski definition) is 1. The third-order valence-electron chi connectivity index (χ3n) is 8.34. The predicted molar refractivity (Wildman–Crippen MR) is 125 cm³/mol. The Morgan fingerprint density at radius 3 is 2.59 bits per heavy atom. The Labute approximate surface area is 192 Å². The molecule has 0 radical (unpaired) electrons. The number of amides is 2. The van der Waals surface area contributed by atoms with Crippen LogP contribution in [0.5, 0.6) is 0 Å². The third-order valence-corrected chi connectivity index (χ3v) is 8.34. The van der Waals surface area contributed by atoms with Crippen molar-refractivity contribution in [1.82, 2.24) is 24.9 Å². The maximum atomic E-state index is 12.5. The molecule has 4 heterocycles. The normalized spacial score (nSPS) is 27.8. The van der Waals surface area contributed by atoms with E-state index < -0.39 is 0 Å². The monoisotopic (exact) mass is 443 g/mol. The zero-order valence-corrected chi connectivity index (χ0v) is 20.4. The van der Waals surface area contributed by atoms with Crippen molar-refractivity contribution in [3.8, 4) is 0 Å². The summed E-state index contributed by atoms with van der Waals surface area (Å²) in [6, 6.07) is 0.945. The van der Waals surface area contributed by atoms with Gasteiger partial charge < -0.3 is 10.2 Å². The summed E-state index contributed by atoms with van der Waals surface area (Å²) in [6.45, 7) is 9.84. The van der Waals surface area contributed by atoms with E-state index in [2.05, 4.69) is 27.1 Å². The van der Waals surface area contributed by atoms with Gasteiger partial charge in [-0.05, 0) is 89.3 Å². The van der Waals surface area contributed by atoms with Gasteiger partial charge in [0.25, 0.3) is 0 Å². The van der Waals surface area contributed by atoms with Crippen LogP contribution in [0.1, 0.15) is 68.8 Å². The van der Waals surface area contributed by atoms with Crippen molar-refractivity contribution in [2.45, 2.75) is 84.2 Å². The van der Waals surface area contributed by atoms with Crippen LogP contribution in [0.4, 0.5) is 0 Å². The van der Waals surface area contributed by atoms with Gasteiger partial charge in [-0.1, -0.05) is 0 Å². The summed E-state index contributed by atoms with van der Waals surface area (Å²) < 4.78 is 1.90. The highest BCUT2D eigenvalue weighted by Crippen LogP contribution is 2.43. The van der Waals surface area contributed by atoms with Crippen LogP contribution in [0.15, 0.2) is 0 Å². The van der Waals surface area contributed by atoms with E-state index in [1.165, 1.54) is 50.0 Å². The fourth-order valence-corrected chi connectivity index (χ4v) is 6.79. The van der Waals surface area contributed by atoms with Gasteiger partial charge in [0.05, 0.1) is 5.69 Å². The maximum Gasteiger partial charge on any atom is 0.220 e. The molecule has 32 heavy (non-hydrogen) atoms. The zero-order chi connectivity index (χ0) is 22.8. The highest BCUT2D eigenvalue weighted by Gasteiger charge is 2.48. The molecule has 2 amide bonds. The van der Waals surface area contributed by atoms with E-state index in [1.807, 2.05) is 18.7 Å². The van der Waals surface area contributed by atoms with Gasteiger partial charge in [0.1, 0.15) is 0 Å². The zero-order valence-electron chi connectivity index (χ0n) is 20.4. The summed E-state index contributed by atoms with van der Waals surface area (Å²) in [7, 11) is 1.96. The van der Waals surface area contributed by atoms with Crippen LogP contribution in [-0.4, -0.2) is 69.7 Å². The number of rotatable bonds is 7. The number of nitrogens with one attached hydrogen (secondary N) is 1. The second kappa shape index (κ2) is 9.94. The standard InChI is InChI=1S/C25H41N5O2/c1-17-21(18(2)28(4)27-17)12-13-26-24(32)11-5-10-23-22-9-7-15-29-14-6-8-20(25(22)29)16-30(23)19(3)31/h20,22-23,25H,5-16H2,1-4H3,(H,26,32)/t20-,22+,23+,25-/m0/s1. The van der Waals surface area contributed by atoms with Gasteiger partial charge >= 0.3 is 0 Å². The number of aryl methyl sites for hydroxylation is 2. The fourth-order valence-electron chi connectivity index (χ4n) is 6.79. The van der Waals surface area contributed by atoms with Crippen molar-refractivity contribution in [2.24, 2.45) is 18.9 Å². The minimum atomic E-state index is 0.121. The van der Waals surface area contributed by atoms with E-state index in [9.17, 15) is 9.59 Å². The summed E-state index contributed by atoms with van der Waals surface area (Å²) in [5.41, 5.74) is 3.44. The van der Waals surface area contributed by atoms with E-state index in [-0.39, 0.29) is 11.8 Å². The first-order chi connectivity index (χ1) is 15.4. The van der Waals surface area contributed by atoms with Crippen molar-refractivity contribution < 1.29 is 9.59 Å². The van der Waals surface area contributed by atoms with Crippen LogP contribution < -0.4 is 5.32 Å². The molecule has 7 heteroatoms. The molecule has 3 fully saturated rings. The van der Waals surface area contributed by atoms with Crippen LogP contribution in [0.3, 0.4) is 0 Å². The number of hydrogen-bond acceptors (Lipinski definition) is 4. The van der Waals surface area contributed by atoms with E-state index >= 15 is 0 Å². The average molecular weight is 444 g/mol. The summed E-state index contributed by atoms with van der Waals surface area (Å²) in [4.78, 5) is 29.9. The molecule has 3 saturated heterocycles. The van der Waals surface area contributed by atoms with Crippen LogP contribution in [-0.2, 0) is 23.1 Å². The van der Waals surface area contributed by atoms with Gasteiger partial charge in [-0.2, -0.15) is 5.10 Å². The molecule has 178 valence electrons. The SMILES string of the molecule is CC(=O)N1C[C@@H]2CCCN3CCC[C@@H]([C@H]23)[C@H]1CCCC(=O)NCCc1c(C)nn(C)c1C. The van der Waals surface area contributed by atoms with Gasteiger partial charge in [-0.3, -0.25) is 19.2 Å². The predicted octanol–water partition coefficient (Wildman–Crippen LogP) is 2.59. The minimum Gasteiger partial charge on any atom is -0.356 e. The van der Waals surface area contributed by atoms with Crippen molar-refractivity contribution in [3.05, 3.63) is 17.0 Å². The number of likely N-dealkylation sites (tertiary alicyclic amines) is 1. The summed E-state index contributed by atoms with van der Waals surface area (Å²) >= 11 is 0. The molecule has 0 unspecified atom stereocenters. The Balaban J connectivity index is 1.29. The van der Waals surface area contributed by atoms with Crippen LogP contribution >= 0.6 is 0 Å². The minimum absolute atomic E-state index is 0.121. The molecule has 3 aliphatic rings. The number of carbonyl (C=O) groups excluding carboxylic acids is 2. The molecule has 0 spiro atoms. The summed E-state index contributed by atoms with van der Waals surface area (Å²) in [5.74, 6) is 1.54. The molecular formula is C25H41N5O2. The van der Waals surface area contributed by atoms with Crippen LogP contribution in [0.25, 0.3) is 0 Å². The summed E-state index contributed by atoms with van der Waals surface area (Å²) in [6.07, 6.45) is 8.13. The lowest BCUT2D eigenvalue weighted by molar-refractivity contribution is -0.144. The lowest BCUT2D eigenvalue weighted by Gasteiger charge is -2.57. The molecule has 0 saturated carbocycles.